The molecule has 0 spiro atoms. The van der Waals surface area contributed by atoms with Gasteiger partial charge in [0, 0.05) is 28.5 Å². The van der Waals surface area contributed by atoms with Crippen molar-refractivity contribution in [3.05, 3.63) is 46.4 Å². The van der Waals surface area contributed by atoms with Crippen molar-refractivity contribution in [2.24, 2.45) is 0 Å². The minimum atomic E-state index is -3.63. The number of sulfonamides is 1. The van der Waals surface area contributed by atoms with Crippen LogP contribution >= 0.6 is 11.3 Å². The maximum Gasteiger partial charge on any atom is 0.262 e. The third kappa shape index (κ3) is 4.52. The molecule has 0 radical (unpaired) electrons. The summed E-state index contributed by atoms with van der Waals surface area (Å²) in [5.74, 6) is -0.407. The smallest absolute Gasteiger partial charge is 0.262 e. The van der Waals surface area contributed by atoms with E-state index in [0.29, 0.717) is 18.3 Å². The van der Waals surface area contributed by atoms with E-state index in [2.05, 4.69) is 10.0 Å². The molecule has 0 unspecified atom stereocenters. The molecule has 0 bridgehead atoms. The Kier molecular flexibility index (Phi) is 4.97. The Morgan fingerprint density at radius 3 is 2.52 bits per heavy atom. The topological polar surface area (TPSA) is 58.2 Å². The number of nitrogens with one attached hydrogen (secondary N) is 2. The van der Waals surface area contributed by atoms with Crippen molar-refractivity contribution < 1.29 is 12.8 Å². The van der Waals surface area contributed by atoms with Crippen LogP contribution in [0.2, 0.25) is 0 Å². The molecule has 114 valence electrons. The molecule has 4 nitrogen and oxygen atoms in total. The summed E-state index contributed by atoms with van der Waals surface area (Å²) < 4.78 is 39.7. The van der Waals surface area contributed by atoms with Gasteiger partial charge in [0.2, 0.25) is 0 Å². The van der Waals surface area contributed by atoms with E-state index < -0.39 is 15.8 Å². The first kappa shape index (κ1) is 15.9. The van der Waals surface area contributed by atoms with Crippen molar-refractivity contribution >= 4 is 27.0 Å². The summed E-state index contributed by atoms with van der Waals surface area (Å²) in [6, 6.07) is 7.18. The second-order valence-electron chi connectivity index (χ2n) is 4.90. The van der Waals surface area contributed by atoms with E-state index >= 15 is 0 Å². The molecule has 21 heavy (non-hydrogen) atoms. The van der Waals surface area contributed by atoms with Gasteiger partial charge in [-0.15, -0.1) is 11.3 Å². The average molecular weight is 328 g/mol. The Labute approximate surface area is 128 Å². The average Bonchev–Trinajstić information content (AvgIpc) is 2.88. The summed E-state index contributed by atoms with van der Waals surface area (Å²) in [7, 11) is -3.63. The van der Waals surface area contributed by atoms with Gasteiger partial charge in [-0.3, -0.25) is 4.72 Å². The molecular formula is C14H17FN2O2S2. The van der Waals surface area contributed by atoms with Crippen LogP contribution in [0.15, 0.2) is 40.6 Å². The minimum Gasteiger partial charge on any atom is -0.310 e. The quantitative estimate of drug-likeness (QED) is 0.856. The number of rotatable bonds is 6. The lowest BCUT2D eigenvalue weighted by molar-refractivity contribution is 0.592. The lowest BCUT2D eigenvalue weighted by Gasteiger charge is -2.06. The normalized spacial score (nSPS) is 11.8. The third-order valence-corrected chi connectivity index (χ3v) is 5.17. The van der Waals surface area contributed by atoms with Crippen LogP contribution in [0.5, 0.6) is 0 Å². The van der Waals surface area contributed by atoms with E-state index in [1.165, 1.54) is 35.6 Å². The zero-order valence-corrected chi connectivity index (χ0v) is 13.4. The molecule has 0 amide bonds. The highest BCUT2D eigenvalue weighted by molar-refractivity contribution is 7.92. The lowest BCUT2D eigenvalue weighted by Crippen LogP contribution is -2.21. The molecule has 2 rings (SSSR count). The van der Waals surface area contributed by atoms with Crippen LogP contribution in [0.25, 0.3) is 0 Å². The molecule has 1 heterocycles. The molecule has 1 aromatic heterocycles. The first-order valence-electron chi connectivity index (χ1n) is 6.46. The molecule has 0 atom stereocenters. The van der Waals surface area contributed by atoms with Crippen molar-refractivity contribution in [3.8, 4) is 0 Å². The number of hydrogen-bond acceptors (Lipinski definition) is 4. The molecule has 0 aliphatic heterocycles. The highest BCUT2D eigenvalue weighted by atomic mass is 32.2. The van der Waals surface area contributed by atoms with E-state index in [1.807, 2.05) is 13.8 Å². The Bertz CT molecular complexity index is 694. The first-order valence-corrected chi connectivity index (χ1v) is 8.82. The fourth-order valence-corrected chi connectivity index (χ4v) is 3.92. The second-order valence-corrected chi connectivity index (χ2v) is 7.57. The Hall–Kier alpha value is -1.44. The molecule has 0 aliphatic rings. The molecule has 0 saturated carbocycles. The number of hydrogen-bond donors (Lipinski definition) is 2. The SMILES string of the molecule is CC(C)NCc1cc(S(=O)(=O)Nc2ccc(F)cc2)cs1. The first-order chi connectivity index (χ1) is 9.87. The molecule has 0 aliphatic carbocycles. The van der Waals surface area contributed by atoms with Gasteiger partial charge in [-0.1, -0.05) is 13.8 Å². The summed E-state index contributed by atoms with van der Waals surface area (Å²) in [5.41, 5.74) is 0.337. The van der Waals surface area contributed by atoms with Crippen molar-refractivity contribution in [2.45, 2.75) is 31.3 Å². The zero-order valence-electron chi connectivity index (χ0n) is 11.8. The maximum atomic E-state index is 12.8. The molecule has 0 fully saturated rings. The largest absolute Gasteiger partial charge is 0.310 e. The number of benzene rings is 1. The predicted octanol–water partition coefficient (Wildman–Crippen LogP) is 3.19. The molecule has 2 N–H and O–H groups in total. The monoisotopic (exact) mass is 328 g/mol. The van der Waals surface area contributed by atoms with Crippen LogP contribution in [-0.2, 0) is 16.6 Å². The predicted molar refractivity (Wildman–Crippen MR) is 83.5 cm³/mol. The summed E-state index contributed by atoms with van der Waals surface area (Å²) in [5, 5.41) is 4.84. The maximum absolute atomic E-state index is 12.8. The zero-order chi connectivity index (χ0) is 15.5. The summed E-state index contributed by atoms with van der Waals surface area (Å²) in [6.07, 6.45) is 0. The summed E-state index contributed by atoms with van der Waals surface area (Å²) in [4.78, 5) is 1.17. The molecule has 7 heteroatoms. The van der Waals surface area contributed by atoms with Crippen molar-refractivity contribution in [1.82, 2.24) is 5.32 Å². The van der Waals surface area contributed by atoms with Crippen molar-refractivity contribution in [1.29, 1.82) is 0 Å². The van der Waals surface area contributed by atoms with E-state index in [4.69, 9.17) is 0 Å². The third-order valence-electron chi connectivity index (χ3n) is 2.72. The van der Waals surface area contributed by atoms with Gasteiger partial charge < -0.3 is 5.32 Å². The second kappa shape index (κ2) is 6.55. The summed E-state index contributed by atoms with van der Waals surface area (Å²) >= 11 is 1.39. The minimum absolute atomic E-state index is 0.220. The molecular weight excluding hydrogens is 311 g/mol. The van der Waals surface area contributed by atoms with Crippen LogP contribution in [0.4, 0.5) is 10.1 Å². The van der Waals surface area contributed by atoms with E-state index in [9.17, 15) is 12.8 Å². The molecule has 2 aromatic rings. The van der Waals surface area contributed by atoms with Crippen LogP contribution in [0.3, 0.4) is 0 Å². The fraction of sp³-hybridized carbons (Fsp3) is 0.286. The van der Waals surface area contributed by atoms with Crippen LogP contribution < -0.4 is 10.0 Å². The van der Waals surface area contributed by atoms with Crippen LogP contribution in [-0.4, -0.2) is 14.5 Å². The lowest BCUT2D eigenvalue weighted by atomic mass is 10.3. The molecule has 0 saturated heterocycles. The van der Waals surface area contributed by atoms with Crippen molar-refractivity contribution in [3.63, 3.8) is 0 Å². The number of halogens is 1. The van der Waals surface area contributed by atoms with E-state index in [1.54, 1.807) is 11.4 Å². The Morgan fingerprint density at radius 2 is 1.90 bits per heavy atom. The van der Waals surface area contributed by atoms with Gasteiger partial charge in [0.1, 0.15) is 5.82 Å². The summed E-state index contributed by atoms with van der Waals surface area (Å²) in [6.45, 7) is 4.69. The Morgan fingerprint density at radius 1 is 1.24 bits per heavy atom. The van der Waals surface area contributed by atoms with Gasteiger partial charge in [-0.2, -0.15) is 0 Å². The van der Waals surface area contributed by atoms with Crippen molar-refractivity contribution in [2.75, 3.05) is 4.72 Å². The van der Waals surface area contributed by atoms with E-state index in [-0.39, 0.29) is 4.90 Å². The molecule has 1 aromatic carbocycles. The van der Waals surface area contributed by atoms with Gasteiger partial charge in [-0.25, -0.2) is 12.8 Å². The fourth-order valence-electron chi connectivity index (χ4n) is 1.63. The van der Waals surface area contributed by atoms with Gasteiger partial charge in [-0.05, 0) is 30.3 Å². The van der Waals surface area contributed by atoms with Gasteiger partial charge in [0.05, 0.1) is 4.90 Å². The number of anilines is 1. The standard InChI is InChI=1S/C14H17FN2O2S2/c1-10(2)16-8-13-7-14(9-20-13)21(18,19)17-12-5-3-11(15)4-6-12/h3-7,9-10,16-17H,8H2,1-2H3. The van der Waals surface area contributed by atoms with Gasteiger partial charge >= 0.3 is 0 Å². The van der Waals surface area contributed by atoms with Crippen LogP contribution in [0, 0.1) is 5.82 Å². The highest BCUT2D eigenvalue weighted by Gasteiger charge is 2.16. The van der Waals surface area contributed by atoms with E-state index in [0.717, 1.165) is 4.88 Å². The highest BCUT2D eigenvalue weighted by Crippen LogP contribution is 2.22. The van der Waals surface area contributed by atoms with Crippen LogP contribution in [0.1, 0.15) is 18.7 Å². The van der Waals surface area contributed by atoms with Gasteiger partial charge in [0.15, 0.2) is 0 Å². The number of thiophene rings is 1. The van der Waals surface area contributed by atoms with Gasteiger partial charge in [0.25, 0.3) is 10.0 Å². The Balaban J connectivity index is 2.10.